The van der Waals surface area contributed by atoms with Crippen molar-refractivity contribution in [1.29, 1.82) is 0 Å². The summed E-state index contributed by atoms with van der Waals surface area (Å²) in [6, 6.07) is 19.7. The second kappa shape index (κ2) is 5.82. The summed E-state index contributed by atoms with van der Waals surface area (Å²) in [6.45, 7) is 0. The van der Waals surface area contributed by atoms with Crippen molar-refractivity contribution >= 4 is 10.9 Å². The van der Waals surface area contributed by atoms with Gasteiger partial charge in [-0.05, 0) is 22.9 Å². The van der Waals surface area contributed by atoms with Gasteiger partial charge in [0, 0.05) is 5.56 Å². The Labute approximate surface area is 137 Å². The first kappa shape index (κ1) is 13.9. The third kappa shape index (κ3) is 2.47. The van der Waals surface area contributed by atoms with E-state index in [4.69, 9.17) is 5.10 Å². The second-order valence-electron chi connectivity index (χ2n) is 5.22. The first-order valence-corrected chi connectivity index (χ1v) is 8.89. The van der Waals surface area contributed by atoms with Crippen LogP contribution in [0.25, 0.3) is 16.9 Å². The van der Waals surface area contributed by atoms with E-state index in [9.17, 15) is 5.11 Å². The van der Waals surface area contributed by atoms with Crippen molar-refractivity contribution in [2.45, 2.75) is 4.90 Å². The Balaban J connectivity index is 1.94. The van der Waals surface area contributed by atoms with Gasteiger partial charge in [0.1, 0.15) is 5.69 Å². The van der Waals surface area contributed by atoms with Gasteiger partial charge in [0.15, 0.2) is 0 Å². The second-order valence-corrected chi connectivity index (χ2v) is 7.08. The average molecular weight is 320 g/mol. The van der Waals surface area contributed by atoms with E-state index in [-0.39, 0.29) is 5.88 Å². The monoisotopic (exact) mass is 320 g/mol. The normalized spacial score (nSPS) is 14.5. The molecule has 0 saturated carbocycles. The molecular formula is C19H16N2OS. The van der Waals surface area contributed by atoms with Crippen LogP contribution < -0.4 is 0 Å². The molecule has 4 heteroatoms. The highest BCUT2D eigenvalue weighted by Gasteiger charge is 2.23. The first-order valence-electron chi connectivity index (χ1n) is 7.41. The van der Waals surface area contributed by atoms with E-state index in [1.165, 1.54) is 0 Å². The van der Waals surface area contributed by atoms with Gasteiger partial charge in [-0.15, -0.1) is 0 Å². The van der Waals surface area contributed by atoms with E-state index in [1.54, 1.807) is 4.68 Å². The molecule has 0 unspecified atom stereocenters. The van der Waals surface area contributed by atoms with Gasteiger partial charge in [-0.1, -0.05) is 60.7 Å². The number of para-hydroxylation sites is 1. The topological polar surface area (TPSA) is 38.1 Å². The Kier molecular flexibility index (Phi) is 3.52. The molecular weight excluding hydrogens is 304 g/mol. The molecule has 0 amide bonds. The molecule has 114 valence electrons. The maximum absolute atomic E-state index is 10.8. The summed E-state index contributed by atoms with van der Waals surface area (Å²) >= 11 is 0. The predicted octanol–water partition coefficient (Wildman–Crippen LogP) is 4.65. The van der Waals surface area contributed by atoms with Crippen molar-refractivity contribution in [3.05, 3.63) is 83.6 Å². The van der Waals surface area contributed by atoms with E-state index in [0.29, 0.717) is 0 Å². The van der Waals surface area contributed by atoms with Crippen molar-refractivity contribution in [1.82, 2.24) is 9.78 Å². The summed E-state index contributed by atoms with van der Waals surface area (Å²) in [6.07, 6.45) is 4.06. The number of allylic oxidation sites excluding steroid dienone is 2. The SMILES string of the molecule is Oc1c([SH]2C=CC=C2)c(-c2ccccc2)nn1-c1ccccc1. The molecule has 3 aromatic rings. The molecule has 2 heterocycles. The van der Waals surface area contributed by atoms with Crippen LogP contribution in [0.3, 0.4) is 0 Å². The first-order chi connectivity index (χ1) is 11.3. The van der Waals surface area contributed by atoms with E-state index >= 15 is 0 Å². The van der Waals surface area contributed by atoms with Crippen molar-refractivity contribution < 1.29 is 5.11 Å². The molecule has 1 aliphatic heterocycles. The minimum atomic E-state index is -0.669. The molecule has 0 aliphatic carbocycles. The summed E-state index contributed by atoms with van der Waals surface area (Å²) in [5.74, 6) is 0.220. The lowest BCUT2D eigenvalue weighted by Gasteiger charge is -2.11. The predicted molar refractivity (Wildman–Crippen MR) is 96.2 cm³/mol. The van der Waals surface area contributed by atoms with E-state index in [2.05, 4.69) is 10.8 Å². The molecule has 1 N–H and O–H groups in total. The van der Waals surface area contributed by atoms with Crippen LogP contribution in [-0.4, -0.2) is 14.9 Å². The van der Waals surface area contributed by atoms with E-state index in [1.807, 2.05) is 72.8 Å². The van der Waals surface area contributed by atoms with E-state index in [0.717, 1.165) is 21.8 Å². The standard InChI is InChI=1S/C19H16N2OS/c22-19-18(23-13-7-8-14-23)17(15-9-3-1-4-10-15)20-21(19)16-11-5-2-6-12-16/h1-14,22-23H. The number of aromatic hydroxyl groups is 1. The molecule has 0 fully saturated rings. The zero-order chi connectivity index (χ0) is 15.6. The van der Waals surface area contributed by atoms with Gasteiger partial charge in [0.25, 0.3) is 0 Å². The maximum atomic E-state index is 10.8. The van der Waals surface area contributed by atoms with Crippen LogP contribution >= 0.6 is 10.9 Å². The molecule has 2 aromatic carbocycles. The van der Waals surface area contributed by atoms with Gasteiger partial charge in [0.05, 0.1) is 10.6 Å². The quantitative estimate of drug-likeness (QED) is 0.690. The number of hydrogen-bond acceptors (Lipinski definition) is 2. The molecule has 1 aliphatic rings. The number of rotatable bonds is 3. The van der Waals surface area contributed by atoms with Gasteiger partial charge in [0.2, 0.25) is 5.88 Å². The van der Waals surface area contributed by atoms with Crippen molar-refractivity contribution in [3.8, 4) is 22.8 Å². The summed E-state index contributed by atoms with van der Waals surface area (Å²) < 4.78 is 1.62. The van der Waals surface area contributed by atoms with Gasteiger partial charge < -0.3 is 5.11 Å². The summed E-state index contributed by atoms with van der Waals surface area (Å²) in [7, 11) is -0.669. The number of hydrogen-bond donors (Lipinski definition) is 2. The Morgan fingerprint density at radius 3 is 2.09 bits per heavy atom. The van der Waals surface area contributed by atoms with Crippen LogP contribution in [0.15, 0.2) is 88.5 Å². The third-order valence-electron chi connectivity index (χ3n) is 3.75. The van der Waals surface area contributed by atoms with Crippen LogP contribution in [-0.2, 0) is 0 Å². The molecule has 3 nitrogen and oxygen atoms in total. The molecule has 0 radical (unpaired) electrons. The minimum Gasteiger partial charge on any atom is -0.492 e. The Hall–Kier alpha value is -2.72. The molecule has 23 heavy (non-hydrogen) atoms. The maximum Gasteiger partial charge on any atom is 0.227 e. The van der Waals surface area contributed by atoms with Gasteiger partial charge in [-0.25, -0.2) is 0 Å². The third-order valence-corrected chi connectivity index (χ3v) is 5.66. The largest absolute Gasteiger partial charge is 0.492 e. The molecule has 0 saturated heterocycles. The summed E-state index contributed by atoms with van der Waals surface area (Å²) in [5.41, 5.74) is 2.72. The lowest BCUT2D eigenvalue weighted by atomic mass is 10.2. The van der Waals surface area contributed by atoms with Crippen LogP contribution in [0.2, 0.25) is 0 Å². The van der Waals surface area contributed by atoms with Crippen LogP contribution in [0.5, 0.6) is 5.88 Å². The van der Waals surface area contributed by atoms with Gasteiger partial charge in [-0.3, -0.25) is 0 Å². The molecule has 0 spiro atoms. The van der Waals surface area contributed by atoms with E-state index < -0.39 is 10.9 Å². The number of nitrogens with zero attached hydrogens (tertiary/aromatic N) is 2. The number of aromatic nitrogens is 2. The fraction of sp³-hybridized carbons (Fsp3) is 0. The molecule has 0 atom stereocenters. The average Bonchev–Trinajstić information content (AvgIpc) is 3.24. The van der Waals surface area contributed by atoms with Crippen molar-refractivity contribution in [2.75, 3.05) is 0 Å². The van der Waals surface area contributed by atoms with Crippen LogP contribution in [0.4, 0.5) is 0 Å². The molecule has 1 aromatic heterocycles. The highest BCUT2D eigenvalue weighted by atomic mass is 32.2. The fourth-order valence-corrected chi connectivity index (χ4v) is 4.37. The zero-order valence-corrected chi connectivity index (χ0v) is 13.3. The van der Waals surface area contributed by atoms with Crippen LogP contribution in [0, 0.1) is 0 Å². The highest BCUT2D eigenvalue weighted by Crippen LogP contribution is 2.51. The lowest BCUT2D eigenvalue weighted by Crippen LogP contribution is -1.95. The molecule has 4 rings (SSSR count). The van der Waals surface area contributed by atoms with Crippen molar-refractivity contribution in [2.24, 2.45) is 0 Å². The smallest absolute Gasteiger partial charge is 0.227 e. The number of benzene rings is 2. The fourth-order valence-electron chi connectivity index (χ4n) is 2.66. The van der Waals surface area contributed by atoms with Gasteiger partial charge in [-0.2, -0.15) is 20.7 Å². The highest BCUT2D eigenvalue weighted by molar-refractivity contribution is 8.22. The van der Waals surface area contributed by atoms with Gasteiger partial charge >= 0.3 is 0 Å². The number of thiol groups is 1. The van der Waals surface area contributed by atoms with Crippen molar-refractivity contribution in [3.63, 3.8) is 0 Å². The minimum absolute atomic E-state index is 0.220. The molecule has 0 bridgehead atoms. The Bertz CT molecular complexity index is 870. The Morgan fingerprint density at radius 2 is 1.43 bits per heavy atom. The summed E-state index contributed by atoms with van der Waals surface area (Å²) in [4.78, 5) is 0.903. The summed E-state index contributed by atoms with van der Waals surface area (Å²) in [5, 5.41) is 19.8. The van der Waals surface area contributed by atoms with Crippen LogP contribution in [0.1, 0.15) is 0 Å². The lowest BCUT2D eigenvalue weighted by molar-refractivity contribution is 0.423. The Morgan fingerprint density at radius 1 is 0.826 bits per heavy atom. The zero-order valence-electron chi connectivity index (χ0n) is 12.4.